The number of carbonyl (C=O) groups excluding carboxylic acids is 3. The number of anilines is 1. The number of hydrogen-bond acceptors (Lipinski definition) is 8. The van der Waals surface area contributed by atoms with Crippen LogP contribution in [0.1, 0.15) is 80.6 Å². The van der Waals surface area contributed by atoms with Gasteiger partial charge in [0.2, 0.25) is 5.78 Å². The summed E-state index contributed by atoms with van der Waals surface area (Å²) in [5.41, 5.74) is 4.17. The molecule has 50 heavy (non-hydrogen) atoms. The van der Waals surface area contributed by atoms with Crippen molar-refractivity contribution in [3.63, 3.8) is 0 Å². The minimum atomic E-state index is -1.28. The number of fused-ring (bicyclic) bond motifs is 8. The van der Waals surface area contributed by atoms with Crippen LogP contribution in [0.4, 0.5) is 5.69 Å². The van der Waals surface area contributed by atoms with Crippen molar-refractivity contribution < 1.29 is 33.7 Å². The number of aryl methyl sites for hydroxylation is 1. The summed E-state index contributed by atoms with van der Waals surface area (Å²) in [7, 11) is 0. The van der Waals surface area contributed by atoms with Gasteiger partial charge < -0.3 is 24.6 Å². The number of carbonyl (C=O) groups is 3. The van der Waals surface area contributed by atoms with Gasteiger partial charge in [0.05, 0.1) is 23.6 Å². The van der Waals surface area contributed by atoms with E-state index in [1.807, 2.05) is 54.1 Å². The molecular formula is C40H45N3O7. The molecule has 4 fully saturated rings. The second-order valence-corrected chi connectivity index (χ2v) is 15.6. The van der Waals surface area contributed by atoms with E-state index < -0.39 is 35.5 Å². The van der Waals surface area contributed by atoms with Crippen LogP contribution in [0.15, 0.2) is 60.3 Å². The molecule has 2 aromatic carbocycles. The fraction of sp³-hybridized carbons (Fsp3) is 0.500. The van der Waals surface area contributed by atoms with Gasteiger partial charge in [-0.3, -0.25) is 14.4 Å². The van der Waals surface area contributed by atoms with E-state index in [4.69, 9.17) is 19.3 Å². The molecule has 0 spiro atoms. The fourth-order valence-corrected chi connectivity index (χ4v) is 10.7. The van der Waals surface area contributed by atoms with Gasteiger partial charge in [-0.25, -0.2) is 4.68 Å². The molecule has 5 aliphatic rings. The van der Waals surface area contributed by atoms with Gasteiger partial charge in [0, 0.05) is 29.8 Å². The van der Waals surface area contributed by atoms with E-state index in [1.165, 1.54) is 12.5 Å². The highest BCUT2D eigenvalue weighted by atomic mass is 16.7. The van der Waals surface area contributed by atoms with Gasteiger partial charge in [-0.1, -0.05) is 43.7 Å². The summed E-state index contributed by atoms with van der Waals surface area (Å²) in [5, 5.41) is 20.2. The van der Waals surface area contributed by atoms with Gasteiger partial charge in [0.1, 0.15) is 0 Å². The van der Waals surface area contributed by atoms with E-state index >= 15 is 0 Å². The first kappa shape index (κ1) is 33.0. The van der Waals surface area contributed by atoms with Gasteiger partial charge in [-0.15, -0.1) is 0 Å². The summed E-state index contributed by atoms with van der Waals surface area (Å²) in [6.45, 7) is 9.05. The number of benzene rings is 2. The van der Waals surface area contributed by atoms with Crippen LogP contribution in [0.3, 0.4) is 0 Å². The molecule has 1 amide bonds. The average molecular weight is 680 g/mol. The lowest BCUT2D eigenvalue weighted by Crippen LogP contribution is -2.64. The second-order valence-electron chi connectivity index (χ2n) is 15.6. The molecule has 1 aromatic heterocycles. The number of Topliss-reactive ketones (excluding diaryl/α,β-unsaturated/α-hetero) is 1. The van der Waals surface area contributed by atoms with Crippen molar-refractivity contribution in [3.8, 4) is 5.69 Å². The third kappa shape index (κ3) is 4.86. The Morgan fingerprint density at radius 1 is 1.14 bits per heavy atom. The fourth-order valence-electron chi connectivity index (χ4n) is 10.7. The van der Waals surface area contributed by atoms with E-state index in [-0.39, 0.29) is 41.5 Å². The van der Waals surface area contributed by atoms with Gasteiger partial charge in [0.25, 0.3) is 5.91 Å². The Bertz CT molecular complexity index is 1930. The zero-order valence-electron chi connectivity index (χ0n) is 29.3. The Morgan fingerprint density at radius 3 is 2.72 bits per heavy atom. The number of rotatable bonds is 6. The predicted molar refractivity (Wildman–Crippen MR) is 185 cm³/mol. The monoisotopic (exact) mass is 679 g/mol. The van der Waals surface area contributed by atoms with Crippen LogP contribution in [0.5, 0.6) is 0 Å². The van der Waals surface area contributed by atoms with Crippen molar-refractivity contribution in [1.82, 2.24) is 9.78 Å². The third-order valence-electron chi connectivity index (χ3n) is 12.8. The minimum absolute atomic E-state index is 0.0255. The SMILES string of the molecule is CC(=O)OCC(=O)[C@@]12OC(C)O[C@@H]1C[C@H]1[C@@H]3CCC4=Cc5nn(-c6cccc(C(=O)Nc7ccccc7C)c6)cc5C[C@]4(C)[C@H]3[C@@H](O)C[C@@]12C. The maximum Gasteiger partial charge on any atom is 0.303 e. The summed E-state index contributed by atoms with van der Waals surface area (Å²) in [4.78, 5) is 38.8. The Morgan fingerprint density at radius 2 is 1.94 bits per heavy atom. The van der Waals surface area contributed by atoms with Crippen LogP contribution >= 0.6 is 0 Å². The predicted octanol–water partition coefficient (Wildman–Crippen LogP) is 5.83. The normalized spacial score (nSPS) is 35.1. The number of esters is 1. The average Bonchev–Trinajstić information content (AvgIpc) is 3.71. The highest BCUT2D eigenvalue weighted by Gasteiger charge is 2.75. The summed E-state index contributed by atoms with van der Waals surface area (Å²) in [6.07, 6.45) is 6.10. The highest BCUT2D eigenvalue weighted by molar-refractivity contribution is 6.05. The minimum Gasteiger partial charge on any atom is -0.458 e. The van der Waals surface area contributed by atoms with Gasteiger partial charge in [0.15, 0.2) is 18.5 Å². The molecule has 1 saturated heterocycles. The van der Waals surface area contributed by atoms with Crippen LogP contribution in [-0.4, -0.2) is 63.3 Å². The number of ketones is 1. The van der Waals surface area contributed by atoms with Crippen LogP contribution in [-0.2, 0) is 30.2 Å². The number of hydrogen-bond donors (Lipinski definition) is 2. The second kappa shape index (κ2) is 11.7. The zero-order valence-corrected chi connectivity index (χ0v) is 29.3. The van der Waals surface area contributed by atoms with Crippen molar-refractivity contribution in [1.29, 1.82) is 0 Å². The molecule has 4 aliphatic carbocycles. The molecule has 0 bridgehead atoms. The van der Waals surface area contributed by atoms with Crippen molar-refractivity contribution >= 4 is 29.4 Å². The lowest BCUT2D eigenvalue weighted by molar-refractivity contribution is -0.200. The van der Waals surface area contributed by atoms with Crippen LogP contribution in [0.25, 0.3) is 11.8 Å². The van der Waals surface area contributed by atoms with E-state index in [0.29, 0.717) is 18.4 Å². The standard InChI is InChI=1S/C40H45N3O7/c1-22-9-6-7-12-31(22)41-37(47)25-10-8-11-28(15-25)43-20-26-18-38(4)27(16-32(26)42-43)13-14-29-30-17-35-40(50-24(3)49-35,34(46)21-48-23(2)44)39(30,5)19-33(45)36(29)38/h6-12,15-16,20,24,29-30,33,35-36,45H,13-14,17-19,21H2,1-5H3,(H,41,47)/t24?,29-,30-,33-,35+,36+,38-,39-,40+/m0/s1. The molecule has 8 rings (SSSR count). The topological polar surface area (TPSA) is 129 Å². The third-order valence-corrected chi connectivity index (χ3v) is 12.8. The molecular weight excluding hydrogens is 634 g/mol. The van der Waals surface area contributed by atoms with E-state index in [1.54, 1.807) is 13.0 Å². The largest absolute Gasteiger partial charge is 0.458 e. The molecule has 3 aromatic rings. The van der Waals surface area contributed by atoms with Crippen molar-refractivity contribution in [2.45, 2.75) is 90.8 Å². The molecule has 2 N–H and O–H groups in total. The molecule has 10 heteroatoms. The first-order valence-electron chi connectivity index (χ1n) is 17.8. The number of allylic oxidation sites excluding steroid dienone is 1. The van der Waals surface area contributed by atoms with Crippen LogP contribution < -0.4 is 5.32 Å². The molecule has 2 heterocycles. The highest BCUT2D eigenvalue weighted by Crippen LogP contribution is 2.70. The number of nitrogens with zero attached hydrogens (tertiary/aromatic N) is 2. The summed E-state index contributed by atoms with van der Waals surface area (Å²) in [6, 6.07) is 15.2. The number of aliphatic hydroxyl groups excluding tert-OH is 1. The van der Waals surface area contributed by atoms with E-state index in [0.717, 1.165) is 47.5 Å². The summed E-state index contributed by atoms with van der Waals surface area (Å²) < 4.78 is 19.7. The number of nitrogens with one attached hydrogen (secondary N) is 1. The number of ether oxygens (including phenoxy) is 3. The molecule has 9 atom stereocenters. The maximum atomic E-state index is 13.9. The molecule has 3 saturated carbocycles. The Kier molecular flexibility index (Phi) is 7.74. The number of para-hydroxylation sites is 1. The molecule has 262 valence electrons. The molecule has 10 nitrogen and oxygen atoms in total. The Labute approximate surface area is 292 Å². The number of aliphatic hydroxyl groups is 1. The van der Waals surface area contributed by atoms with Crippen molar-refractivity contribution in [2.24, 2.45) is 28.6 Å². The number of aromatic nitrogens is 2. The molecule has 0 radical (unpaired) electrons. The lowest BCUT2D eigenvalue weighted by Gasteiger charge is -2.60. The molecule has 1 unspecified atom stereocenters. The first-order chi connectivity index (χ1) is 23.8. The number of amides is 1. The van der Waals surface area contributed by atoms with Crippen LogP contribution in [0, 0.1) is 35.5 Å². The summed E-state index contributed by atoms with van der Waals surface area (Å²) in [5.74, 6) is -0.769. The van der Waals surface area contributed by atoms with Gasteiger partial charge >= 0.3 is 5.97 Å². The smallest absolute Gasteiger partial charge is 0.303 e. The van der Waals surface area contributed by atoms with Crippen molar-refractivity contribution in [3.05, 3.63) is 82.7 Å². The lowest BCUT2D eigenvalue weighted by atomic mass is 9.45. The van der Waals surface area contributed by atoms with Gasteiger partial charge in [-0.2, -0.15) is 5.10 Å². The molecule has 1 aliphatic heterocycles. The zero-order chi connectivity index (χ0) is 35.2. The van der Waals surface area contributed by atoms with Gasteiger partial charge in [-0.05, 0) is 111 Å². The van der Waals surface area contributed by atoms with E-state index in [2.05, 4.69) is 31.4 Å². The van der Waals surface area contributed by atoms with Crippen LogP contribution in [0.2, 0.25) is 0 Å². The maximum absolute atomic E-state index is 13.9. The summed E-state index contributed by atoms with van der Waals surface area (Å²) >= 11 is 0. The van der Waals surface area contributed by atoms with E-state index in [9.17, 15) is 19.5 Å². The first-order valence-corrected chi connectivity index (χ1v) is 17.8. The quantitative estimate of drug-likeness (QED) is 0.312. The Hall–Kier alpha value is -4.12. The van der Waals surface area contributed by atoms with Crippen molar-refractivity contribution in [2.75, 3.05) is 11.9 Å². The Balaban J connectivity index is 1.07.